The number of halogens is 3. The summed E-state index contributed by atoms with van der Waals surface area (Å²) in [6, 6.07) is 0. The van der Waals surface area contributed by atoms with Crippen molar-refractivity contribution in [3.63, 3.8) is 0 Å². The number of hydrogen-bond donors (Lipinski definition) is 0. The van der Waals surface area contributed by atoms with Gasteiger partial charge in [0, 0.05) is 0 Å². The van der Waals surface area contributed by atoms with Crippen molar-refractivity contribution in [2.75, 3.05) is 0 Å². The van der Waals surface area contributed by atoms with Crippen LogP contribution >= 0.6 is 0 Å². The van der Waals surface area contributed by atoms with Crippen LogP contribution in [0.2, 0.25) is 0 Å². The van der Waals surface area contributed by atoms with Crippen molar-refractivity contribution in [1.82, 2.24) is 0 Å². The van der Waals surface area contributed by atoms with E-state index in [9.17, 15) is 18.0 Å². The van der Waals surface area contributed by atoms with Crippen LogP contribution < -0.4 is 0 Å². The minimum absolute atomic E-state index is 0.0913. The van der Waals surface area contributed by atoms with Crippen LogP contribution in [0.15, 0.2) is 12.2 Å². The highest BCUT2D eigenvalue weighted by Gasteiger charge is 2.62. The van der Waals surface area contributed by atoms with Crippen LogP contribution in [-0.2, 0) is 9.53 Å². The normalized spacial score (nSPS) is 44.7. The average molecular weight is 302 g/mol. The van der Waals surface area contributed by atoms with Gasteiger partial charge in [-0.1, -0.05) is 20.4 Å². The molecule has 0 aromatic heterocycles. The summed E-state index contributed by atoms with van der Waals surface area (Å²) in [6.45, 7) is 7.21. The third-order valence-corrected chi connectivity index (χ3v) is 5.47. The van der Waals surface area contributed by atoms with Crippen LogP contribution in [0, 0.1) is 16.7 Å². The largest absolute Gasteiger partial charge is 0.455 e. The van der Waals surface area contributed by atoms with Gasteiger partial charge >= 0.3 is 12.1 Å². The number of ether oxygens (including phenoxy) is 1. The van der Waals surface area contributed by atoms with E-state index in [0.717, 1.165) is 19.3 Å². The Morgan fingerprint density at radius 2 is 1.62 bits per heavy atom. The van der Waals surface area contributed by atoms with Crippen molar-refractivity contribution in [2.45, 2.75) is 64.1 Å². The third kappa shape index (κ3) is 2.49. The summed E-state index contributed by atoms with van der Waals surface area (Å²) in [5, 5.41) is 0. The molecule has 5 heteroatoms. The molecule has 0 aromatic carbocycles. The fourth-order valence-electron chi connectivity index (χ4n) is 5.83. The zero-order valence-corrected chi connectivity index (χ0v) is 12.5. The van der Waals surface area contributed by atoms with Gasteiger partial charge in [-0.05, 0) is 55.3 Å². The van der Waals surface area contributed by atoms with Gasteiger partial charge in [0.1, 0.15) is 11.2 Å². The van der Waals surface area contributed by atoms with Gasteiger partial charge in [0.05, 0.1) is 0 Å². The first-order valence-corrected chi connectivity index (χ1v) is 7.44. The quantitative estimate of drug-likeness (QED) is 0.558. The van der Waals surface area contributed by atoms with Crippen molar-refractivity contribution in [2.24, 2.45) is 16.7 Å². The Bertz CT molecular complexity index is 490. The Hall–Kier alpha value is -1.00. The van der Waals surface area contributed by atoms with Gasteiger partial charge in [0.15, 0.2) is 0 Å². The Balaban J connectivity index is 1.82. The summed E-state index contributed by atoms with van der Waals surface area (Å²) in [6.07, 6.45) is 0.633. The maximum absolute atomic E-state index is 12.6. The van der Waals surface area contributed by atoms with E-state index >= 15 is 0 Å². The summed E-state index contributed by atoms with van der Waals surface area (Å²) >= 11 is 0. The Morgan fingerprint density at radius 1 is 1.10 bits per heavy atom. The summed E-state index contributed by atoms with van der Waals surface area (Å²) in [5.74, 6) is -0.833. The molecule has 0 N–H and O–H groups in total. The van der Waals surface area contributed by atoms with E-state index in [1.165, 1.54) is 0 Å². The topological polar surface area (TPSA) is 26.3 Å². The first-order chi connectivity index (χ1) is 9.45. The van der Waals surface area contributed by atoms with Crippen LogP contribution in [0.5, 0.6) is 0 Å². The van der Waals surface area contributed by atoms with Gasteiger partial charge in [-0.3, -0.25) is 0 Å². The van der Waals surface area contributed by atoms with Crippen molar-refractivity contribution in [3.8, 4) is 0 Å². The first-order valence-electron chi connectivity index (χ1n) is 7.44. The van der Waals surface area contributed by atoms with E-state index in [1.807, 2.05) is 0 Å². The molecule has 0 saturated heterocycles. The highest BCUT2D eigenvalue weighted by Crippen LogP contribution is 2.67. The van der Waals surface area contributed by atoms with Gasteiger partial charge < -0.3 is 4.74 Å². The number of rotatable bonds is 2. The molecule has 0 amide bonds. The van der Waals surface area contributed by atoms with Gasteiger partial charge in [0.25, 0.3) is 0 Å². The van der Waals surface area contributed by atoms with Crippen molar-refractivity contribution >= 4 is 5.97 Å². The minimum Gasteiger partial charge on any atom is -0.455 e. The van der Waals surface area contributed by atoms with E-state index in [-0.39, 0.29) is 10.8 Å². The highest BCUT2D eigenvalue weighted by atomic mass is 19.4. The fraction of sp³-hybridized carbons (Fsp3) is 0.812. The molecule has 2 atom stereocenters. The van der Waals surface area contributed by atoms with E-state index in [1.54, 1.807) is 0 Å². The van der Waals surface area contributed by atoms with Gasteiger partial charge in [0.2, 0.25) is 0 Å². The lowest BCUT2D eigenvalue weighted by molar-refractivity contribution is -0.216. The molecule has 4 fully saturated rings. The van der Waals surface area contributed by atoms with Crippen molar-refractivity contribution in [3.05, 3.63) is 12.2 Å². The predicted molar refractivity (Wildman–Crippen MR) is 71.4 cm³/mol. The zero-order chi connectivity index (χ0) is 15.7. The Labute approximate surface area is 122 Å². The standard InChI is InChI=1S/C16H21F3O2/c1-10(16(17,18)19)12(20)21-15-6-11-4-13(2,8-15)7-14(3,5-11)9-15/h11H,1,4-9H2,2-3H3. The molecule has 4 aliphatic carbocycles. The van der Waals surface area contributed by atoms with Crippen LogP contribution in [0.3, 0.4) is 0 Å². The fourth-order valence-corrected chi connectivity index (χ4v) is 5.83. The summed E-state index contributed by atoms with van der Waals surface area (Å²) in [7, 11) is 0. The number of carbonyl (C=O) groups excluding carboxylic acids is 1. The van der Waals surface area contributed by atoms with Crippen LogP contribution in [0.25, 0.3) is 0 Å². The van der Waals surface area contributed by atoms with E-state index in [2.05, 4.69) is 20.4 Å². The number of carbonyl (C=O) groups is 1. The molecule has 0 heterocycles. The summed E-state index contributed by atoms with van der Waals surface area (Å²) in [4.78, 5) is 11.8. The van der Waals surface area contributed by atoms with E-state index in [4.69, 9.17) is 4.74 Å². The number of esters is 1. The highest BCUT2D eigenvalue weighted by molar-refractivity contribution is 5.89. The molecule has 0 spiro atoms. The van der Waals surface area contributed by atoms with Crippen LogP contribution in [0.4, 0.5) is 13.2 Å². The monoisotopic (exact) mass is 302 g/mol. The van der Waals surface area contributed by atoms with Crippen molar-refractivity contribution < 1.29 is 22.7 Å². The van der Waals surface area contributed by atoms with Gasteiger partial charge in [-0.2, -0.15) is 13.2 Å². The van der Waals surface area contributed by atoms with Gasteiger partial charge in [-0.15, -0.1) is 0 Å². The summed E-state index contributed by atoms with van der Waals surface area (Å²) < 4.78 is 43.2. The van der Waals surface area contributed by atoms with E-state index < -0.39 is 23.3 Å². The smallest absolute Gasteiger partial charge is 0.422 e. The number of alkyl halides is 3. The second-order valence-corrected chi connectivity index (χ2v) is 8.18. The molecule has 0 aromatic rings. The average Bonchev–Trinajstić information content (AvgIpc) is 2.20. The van der Waals surface area contributed by atoms with Crippen LogP contribution in [-0.4, -0.2) is 17.7 Å². The van der Waals surface area contributed by atoms with Gasteiger partial charge in [-0.25, -0.2) is 4.79 Å². The lowest BCUT2D eigenvalue weighted by atomic mass is 9.43. The molecular formula is C16H21F3O2. The molecule has 4 saturated carbocycles. The lowest BCUT2D eigenvalue weighted by Crippen LogP contribution is -2.60. The SMILES string of the molecule is C=C(C(=O)OC12CC3CC(C)(CC(C)(C3)C1)C2)C(F)(F)F. The molecule has 21 heavy (non-hydrogen) atoms. The molecule has 2 nitrogen and oxygen atoms in total. The Morgan fingerprint density at radius 3 is 2.05 bits per heavy atom. The van der Waals surface area contributed by atoms with Crippen LogP contribution in [0.1, 0.15) is 52.4 Å². The Kier molecular flexibility index (Phi) is 2.88. The minimum atomic E-state index is -4.72. The second-order valence-electron chi connectivity index (χ2n) is 8.18. The first kappa shape index (κ1) is 14.9. The molecule has 2 unspecified atom stereocenters. The zero-order valence-electron chi connectivity index (χ0n) is 12.5. The number of hydrogen-bond acceptors (Lipinski definition) is 2. The molecule has 4 aliphatic rings. The maximum Gasteiger partial charge on any atom is 0.422 e. The summed E-state index contributed by atoms with van der Waals surface area (Å²) in [5.41, 5.74) is -1.93. The third-order valence-electron chi connectivity index (χ3n) is 5.47. The molecule has 118 valence electrons. The predicted octanol–water partition coefficient (Wildman–Crippen LogP) is 4.40. The van der Waals surface area contributed by atoms with E-state index in [0.29, 0.717) is 25.2 Å². The lowest BCUT2D eigenvalue weighted by Gasteiger charge is -2.64. The molecule has 0 aliphatic heterocycles. The molecule has 4 rings (SSSR count). The molecule has 4 bridgehead atoms. The maximum atomic E-state index is 12.6. The molecular weight excluding hydrogens is 281 g/mol. The van der Waals surface area contributed by atoms with Crippen molar-refractivity contribution in [1.29, 1.82) is 0 Å². The second kappa shape index (κ2) is 4.05. The molecule has 0 radical (unpaired) electrons.